The van der Waals surface area contributed by atoms with Crippen molar-refractivity contribution in [3.05, 3.63) is 98.7 Å². The Hall–Kier alpha value is -3.43. The van der Waals surface area contributed by atoms with Gasteiger partial charge in [0.05, 0.1) is 17.9 Å². The predicted molar refractivity (Wildman–Crippen MR) is 121 cm³/mol. The van der Waals surface area contributed by atoms with Crippen LogP contribution in [0.25, 0.3) is 0 Å². The zero-order valence-electron chi connectivity index (χ0n) is 18.7. The standard InChI is InChI=1S/C25H24F2N4O3/c1-30-14-18-15-34-25(19(18)11-23(30)32)6-8-31(9-7-25)13-16-2-5-22(28-12-16)24(29-33)17-3-4-20(26)21(27)10-17/h2-5,10-12,14,33H,6-9,13,15H2,1H3/b29-24-. The Morgan fingerprint density at radius 3 is 2.65 bits per heavy atom. The van der Waals surface area contributed by atoms with Crippen molar-refractivity contribution in [2.75, 3.05) is 13.1 Å². The van der Waals surface area contributed by atoms with Crippen molar-refractivity contribution in [2.24, 2.45) is 12.2 Å². The normalized spacial score (nSPS) is 17.8. The predicted octanol–water partition coefficient (Wildman–Crippen LogP) is 3.31. The van der Waals surface area contributed by atoms with Gasteiger partial charge in [0, 0.05) is 56.3 Å². The van der Waals surface area contributed by atoms with Gasteiger partial charge in [-0.25, -0.2) is 8.78 Å². The van der Waals surface area contributed by atoms with E-state index in [4.69, 9.17) is 4.74 Å². The molecule has 7 nitrogen and oxygen atoms in total. The lowest BCUT2D eigenvalue weighted by atomic mass is 9.84. The summed E-state index contributed by atoms with van der Waals surface area (Å²) in [5.74, 6) is -1.99. The Balaban J connectivity index is 1.25. The van der Waals surface area contributed by atoms with Gasteiger partial charge >= 0.3 is 0 Å². The minimum Gasteiger partial charge on any atom is -0.410 e. The van der Waals surface area contributed by atoms with E-state index in [2.05, 4.69) is 15.0 Å². The highest BCUT2D eigenvalue weighted by molar-refractivity contribution is 6.11. The summed E-state index contributed by atoms with van der Waals surface area (Å²) in [5, 5.41) is 12.6. The number of hydrogen-bond acceptors (Lipinski definition) is 6. The fourth-order valence-electron chi connectivity index (χ4n) is 4.82. The van der Waals surface area contributed by atoms with Crippen LogP contribution < -0.4 is 5.56 Å². The molecule has 0 aliphatic carbocycles. The summed E-state index contributed by atoms with van der Waals surface area (Å²) < 4.78 is 34.6. The molecule has 1 N–H and O–H groups in total. The van der Waals surface area contributed by atoms with E-state index in [0.717, 1.165) is 54.8 Å². The maximum Gasteiger partial charge on any atom is 0.250 e. The molecule has 1 aromatic carbocycles. The van der Waals surface area contributed by atoms with Gasteiger partial charge in [-0.15, -0.1) is 0 Å². The number of piperidine rings is 1. The summed E-state index contributed by atoms with van der Waals surface area (Å²) in [6.45, 7) is 2.84. The van der Waals surface area contributed by atoms with Crippen LogP contribution in [0.3, 0.4) is 0 Å². The Bertz CT molecular complexity index is 1310. The molecule has 0 unspecified atom stereocenters. The number of pyridine rings is 2. The third-order valence-corrected chi connectivity index (χ3v) is 6.74. The molecule has 1 fully saturated rings. The summed E-state index contributed by atoms with van der Waals surface area (Å²) >= 11 is 0. The highest BCUT2D eigenvalue weighted by Crippen LogP contribution is 2.43. The van der Waals surface area contributed by atoms with Crippen LogP contribution in [0.15, 0.2) is 58.7 Å². The zero-order valence-corrected chi connectivity index (χ0v) is 18.7. The lowest BCUT2D eigenvalue weighted by Gasteiger charge is -2.39. The van der Waals surface area contributed by atoms with Crippen LogP contribution in [-0.4, -0.2) is 38.5 Å². The Labute approximate surface area is 194 Å². The molecular formula is C25H24F2N4O3. The number of oxime groups is 1. The monoisotopic (exact) mass is 466 g/mol. The maximum atomic E-state index is 13.6. The molecule has 1 spiro atoms. The minimum absolute atomic E-state index is 0.0219. The van der Waals surface area contributed by atoms with E-state index in [1.54, 1.807) is 29.9 Å². The smallest absolute Gasteiger partial charge is 0.250 e. The number of rotatable bonds is 4. The molecule has 2 aromatic heterocycles. The average Bonchev–Trinajstić information content (AvgIpc) is 3.16. The number of aryl methyl sites for hydroxylation is 1. The van der Waals surface area contributed by atoms with E-state index in [9.17, 15) is 18.8 Å². The highest BCUT2D eigenvalue weighted by Gasteiger charge is 2.43. The van der Waals surface area contributed by atoms with Crippen molar-refractivity contribution in [2.45, 2.75) is 31.6 Å². The first kappa shape index (κ1) is 22.4. The van der Waals surface area contributed by atoms with E-state index >= 15 is 0 Å². The summed E-state index contributed by atoms with van der Waals surface area (Å²) in [4.78, 5) is 18.8. The molecule has 34 heavy (non-hydrogen) atoms. The van der Waals surface area contributed by atoms with E-state index in [1.807, 2.05) is 12.3 Å². The molecule has 0 atom stereocenters. The molecule has 3 aromatic rings. The van der Waals surface area contributed by atoms with Crippen LogP contribution in [0.1, 0.15) is 40.8 Å². The van der Waals surface area contributed by atoms with Gasteiger partial charge in [-0.3, -0.25) is 14.7 Å². The second-order valence-electron chi connectivity index (χ2n) is 8.85. The van der Waals surface area contributed by atoms with Crippen LogP contribution in [0.5, 0.6) is 0 Å². The van der Waals surface area contributed by atoms with Gasteiger partial charge < -0.3 is 14.5 Å². The van der Waals surface area contributed by atoms with Crippen molar-refractivity contribution in [3.8, 4) is 0 Å². The molecule has 2 aliphatic rings. The van der Waals surface area contributed by atoms with Crippen LogP contribution in [0.2, 0.25) is 0 Å². The molecule has 176 valence electrons. The van der Waals surface area contributed by atoms with Crippen molar-refractivity contribution in [3.63, 3.8) is 0 Å². The Morgan fingerprint density at radius 2 is 1.97 bits per heavy atom. The van der Waals surface area contributed by atoms with Gasteiger partial charge in [0.25, 0.3) is 5.56 Å². The lowest BCUT2D eigenvalue weighted by molar-refractivity contribution is -0.0799. The summed E-state index contributed by atoms with van der Waals surface area (Å²) in [5.41, 5.74) is 3.32. The lowest BCUT2D eigenvalue weighted by Crippen LogP contribution is -2.42. The molecule has 4 heterocycles. The van der Waals surface area contributed by atoms with E-state index in [0.29, 0.717) is 18.8 Å². The molecule has 0 saturated carbocycles. The number of ether oxygens (including phenoxy) is 1. The third kappa shape index (κ3) is 4.01. The van der Waals surface area contributed by atoms with Gasteiger partial charge in [0.2, 0.25) is 0 Å². The summed E-state index contributed by atoms with van der Waals surface area (Å²) in [6.07, 6.45) is 5.17. The fourth-order valence-corrected chi connectivity index (χ4v) is 4.82. The summed E-state index contributed by atoms with van der Waals surface area (Å²) in [6, 6.07) is 8.59. The highest BCUT2D eigenvalue weighted by atomic mass is 19.2. The van der Waals surface area contributed by atoms with Crippen LogP contribution >= 0.6 is 0 Å². The number of likely N-dealkylation sites (tertiary alicyclic amines) is 1. The molecule has 5 rings (SSSR count). The number of benzene rings is 1. The summed E-state index contributed by atoms with van der Waals surface area (Å²) in [7, 11) is 1.75. The first-order valence-electron chi connectivity index (χ1n) is 11.1. The zero-order chi connectivity index (χ0) is 23.9. The van der Waals surface area contributed by atoms with Gasteiger partial charge in [-0.2, -0.15) is 0 Å². The van der Waals surface area contributed by atoms with Crippen molar-refractivity contribution in [1.29, 1.82) is 0 Å². The Kier molecular flexibility index (Phi) is 5.75. The van der Waals surface area contributed by atoms with Crippen molar-refractivity contribution < 1.29 is 18.7 Å². The van der Waals surface area contributed by atoms with Crippen molar-refractivity contribution in [1.82, 2.24) is 14.5 Å². The number of aromatic nitrogens is 2. The third-order valence-electron chi connectivity index (χ3n) is 6.74. The Morgan fingerprint density at radius 1 is 1.18 bits per heavy atom. The topological polar surface area (TPSA) is 80.0 Å². The van der Waals surface area contributed by atoms with E-state index in [1.165, 1.54) is 6.07 Å². The first-order chi connectivity index (χ1) is 16.4. The van der Waals surface area contributed by atoms with Gasteiger partial charge in [-0.05, 0) is 48.2 Å². The molecule has 0 bridgehead atoms. The second kappa shape index (κ2) is 8.73. The largest absolute Gasteiger partial charge is 0.410 e. The first-order valence-corrected chi connectivity index (χ1v) is 11.1. The van der Waals surface area contributed by atoms with Gasteiger partial charge in [-0.1, -0.05) is 11.2 Å². The van der Waals surface area contributed by atoms with Gasteiger partial charge in [0.15, 0.2) is 11.6 Å². The molecular weight excluding hydrogens is 442 g/mol. The number of nitrogens with zero attached hydrogens (tertiary/aromatic N) is 4. The van der Waals surface area contributed by atoms with Crippen LogP contribution in [0, 0.1) is 11.6 Å². The van der Waals surface area contributed by atoms with Crippen molar-refractivity contribution >= 4 is 5.71 Å². The van der Waals surface area contributed by atoms with Gasteiger partial charge in [0.1, 0.15) is 5.71 Å². The maximum absolute atomic E-state index is 13.6. The molecule has 0 amide bonds. The van der Waals surface area contributed by atoms with E-state index < -0.39 is 17.2 Å². The molecule has 2 aliphatic heterocycles. The number of hydrogen-bond donors (Lipinski definition) is 1. The minimum atomic E-state index is -1.02. The van der Waals surface area contributed by atoms with Crippen LogP contribution in [-0.2, 0) is 30.5 Å². The second-order valence-corrected chi connectivity index (χ2v) is 8.85. The molecule has 1 saturated heterocycles. The quantitative estimate of drug-likeness (QED) is 0.363. The SMILES string of the molecule is Cn1cc2c(cc1=O)C1(CCN(Cc3ccc(/C(=N\O)c4ccc(F)c(F)c4)nc3)CC1)OC2. The molecule has 0 radical (unpaired) electrons. The number of halogens is 2. The fraction of sp³-hybridized carbons (Fsp3) is 0.320. The van der Waals surface area contributed by atoms with E-state index in [-0.39, 0.29) is 16.8 Å². The average molecular weight is 466 g/mol. The molecule has 9 heteroatoms. The number of fused-ring (bicyclic) bond motifs is 2. The van der Waals surface area contributed by atoms with Crippen LogP contribution in [0.4, 0.5) is 8.78 Å².